The lowest BCUT2D eigenvalue weighted by Gasteiger charge is -2.17. The van der Waals surface area contributed by atoms with E-state index in [1.165, 1.54) is 12.1 Å². The summed E-state index contributed by atoms with van der Waals surface area (Å²) in [6.45, 7) is 7.30. The first-order valence-corrected chi connectivity index (χ1v) is 7.55. The van der Waals surface area contributed by atoms with Crippen LogP contribution in [0, 0.1) is 5.82 Å². The molecule has 1 N–H and O–H groups in total. The fraction of sp³-hybridized carbons (Fsp3) is 0.500. The van der Waals surface area contributed by atoms with E-state index in [1.54, 1.807) is 11.8 Å². The van der Waals surface area contributed by atoms with Gasteiger partial charge in [-0.1, -0.05) is 13.8 Å². The first-order chi connectivity index (χ1) is 9.06. The second kappa shape index (κ2) is 8.17. The van der Waals surface area contributed by atoms with Crippen LogP contribution in [0.5, 0.6) is 0 Å². The molecule has 0 radical (unpaired) electrons. The number of thioether (sulfide) groups is 1. The Morgan fingerprint density at radius 2 is 2.00 bits per heavy atom. The van der Waals surface area contributed by atoms with Gasteiger partial charge in [0.15, 0.2) is 0 Å². The average Bonchev–Trinajstić information content (AvgIpc) is 2.38. The summed E-state index contributed by atoms with van der Waals surface area (Å²) in [5.74, 6) is 0.0213. The SMILES string of the molecule is CCN(CC)CCSCc1cc(F)cc(C(=O)O)c1. The van der Waals surface area contributed by atoms with Crippen molar-refractivity contribution in [1.82, 2.24) is 4.90 Å². The van der Waals surface area contributed by atoms with Crippen LogP contribution in [-0.2, 0) is 5.75 Å². The average molecular weight is 285 g/mol. The third-order valence-corrected chi connectivity index (χ3v) is 3.93. The summed E-state index contributed by atoms with van der Waals surface area (Å²) in [6.07, 6.45) is 0. The molecule has 0 aromatic heterocycles. The lowest BCUT2D eigenvalue weighted by atomic mass is 10.1. The van der Waals surface area contributed by atoms with Crippen LogP contribution in [0.25, 0.3) is 0 Å². The standard InChI is InChI=1S/C14H20FNO2S/c1-3-16(4-2)5-6-19-10-11-7-12(14(17)18)9-13(15)8-11/h7-9H,3-6,10H2,1-2H3,(H,17,18). The first-order valence-electron chi connectivity index (χ1n) is 6.39. The number of carboxylic acids is 1. The van der Waals surface area contributed by atoms with Crippen LogP contribution in [0.15, 0.2) is 18.2 Å². The van der Waals surface area contributed by atoms with E-state index in [4.69, 9.17) is 5.11 Å². The lowest BCUT2D eigenvalue weighted by molar-refractivity contribution is 0.0696. The highest BCUT2D eigenvalue weighted by Gasteiger charge is 2.07. The molecule has 0 atom stereocenters. The maximum Gasteiger partial charge on any atom is 0.335 e. The number of rotatable bonds is 8. The molecule has 0 saturated carbocycles. The number of nitrogens with zero attached hydrogens (tertiary/aromatic N) is 1. The van der Waals surface area contributed by atoms with Crippen LogP contribution in [0.3, 0.4) is 0 Å². The van der Waals surface area contributed by atoms with Crippen molar-refractivity contribution in [2.45, 2.75) is 19.6 Å². The van der Waals surface area contributed by atoms with Gasteiger partial charge in [0.2, 0.25) is 0 Å². The van der Waals surface area contributed by atoms with Crippen LogP contribution in [0.1, 0.15) is 29.8 Å². The topological polar surface area (TPSA) is 40.5 Å². The van der Waals surface area contributed by atoms with E-state index in [1.807, 2.05) is 0 Å². The normalized spacial score (nSPS) is 10.9. The van der Waals surface area contributed by atoms with Crippen molar-refractivity contribution in [3.05, 3.63) is 35.1 Å². The van der Waals surface area contributed by atoms with E-state index in [0.717, 1.165) is 37.0 Å². The van der Waals surface area contributed by atoms with Crippen molar-refractivity contribution in [2.24, 2.45) is 0 Å². The largest absolute Gasteiger partial charge is 0.478 e. The predicted octanol–water partition coefficient (Wildman–Crippen LogP) is 3.10. The fourth-order valence-corrected chi connectivity index (χ4v) is 2.71. The van der Waals surface area contributed by atoms with Crippen molar-refractivity contribution in [3.8, 4) is 0 Å². The van der Waals surface area contributed by atoms with Gasteiger partial charge < -0.3 is 10.0 Å². The fourth-order valence-electron chi connectivity index (χ4n) is 1.78. The Balaban J connectivity index is 2.47. The molecule has 0 unspecified atom stereocenters. The molecule has 0 amide bonds. The molecule has 0 bridgehead atoms. The van der Waals surface area contributed by atoms with E-state index < -0.39 is 11.8 Å². The summed E-state index contributed by atoms with van der Waals surface area (Å²) in [4.78, 5) is 13.1. The van der Waals surface area contributed by atoms with Crippen LogP contribution in [0.2, 0.25) is 0 Å². The number of benzene rings is 1. The minimum absolute atomic E-state index is 0.0133. The molecule has 3 nitrogen and oxygen atoms in total. The minimum atomic E-state index is -1.09. The van der Waals surface area contributed by atoms with E-state index in [2.05, 4.69) is 18.7 Å². The van der Waals surface area contributed by atoms with E-state index in [9.17, 15) is 9.18 Å². The number of halogens is 1. The third-order valence-electron chi connectivity index (χ3n) is 2.92. The molecule has 5 heteroatoms. The Labute approximate surface area is 117 Å². The van der Waals surface area contributed by atoms with Gasteiger partial charge in [0.1, 0.15) is 5.82 Å². The quantitative estimate of drug-likeness (QED) is 0.745. The molecule has 1 rings (SSSR count). The summed E-state index contributed by atoms with van der Waals surface area (Å²) >= 11 is 1.69. The highest BCUT2D eigenvalue weighted by molar-refractivity contribution is 7.98. The molecule has 0 saturated heterocycles. The summed E-state index contributed by atoms with van der Waals surface area (Å²) < 4.78 is 13.3. The van der Waals surface area contributed by atoms with Gasteiger partial charge in [0, 0.05) is 18.1 Å². The Kier molecular flexibility index (Phi) is 6.87. The third kappa shape index (κ3) is 5.61. The Morgan fingerprint density at radius 3 is 2.58 bits per heavy atom. The summed E-state index contributed by atoms with van der Waals surface area (Å²) in [5, 5.41) is 8.86. The molecule has 19 heavy (non-hydrogen) atoms. The van der Waals surface area contributed by atoms with E-state index in [0.29, 0.717) is 5.75 Å². The minimum Gasteiger partial charge on any atom is -0.478 e. The molecule has 0 aliphatic heterocycles. The van der Waals surface area contributed by atoms with E-state index in [-0.39, 0.29) is 5.56 Å². The van der Waals surface area contributed by atoms with Gasteiger partial charge in [0.25, 0.3) is 0 Å². The van der Waals surface area contributed by atoms with E-state index >= 15 is 0 Å². The molecule has 0 spiro atoms. The van der Waals surface area contributed by atoms with Crippen LogP contribution in [0.4, 0.5) is 4.39 Å². The molecule has 1 aromatic rings. The van der Waals surface area contributed by atoms with Gasteiger partial charge in [-0.3, -0.25) is 0 Å². The molecule has 0 heterocycles. The maximum absolute atomic E-state index is 13.3. The van der Waals surface area contributed by atoms with Gasteiger partial charge in [-0.25, -0.2) is 9.18 Å². The van der Waals surface area contributed by atoms with Crippen molar-refractivity contribution >= 4 is 17.7 Å². The van der Waals surface area contributed by atoms with Gasteiger partial charge in [-0.05, 0) is 36.9 Å². The highest BCUT2D eigenvalue weighted by atomic mass is 32.2. The molecular weight excluding hydrogens is 265 g/mol. The molecule has 0 fully saturated rings. The summed E-state index contributed by atoms with van der Waals surface area (Å²) in [7, 11) is 0. The van der Waals surface area contributed by atoms with Gasteiger partial charge >= 0.3 is 5.97 Å². The Bertz CT molecular complexity index is 422. The Hall–Kier alpha value is -1.07. The monoisotopic (exact) mass is 285 g/mol. The number of carbonyl (C=O) groups is 1. The zero-order valence-electron chi connectivity index (χ0n) is 11.4. The molecule has 1 aromatic carbocycles. The van der Waals surface area contributed by atoms with Gasteiger partial charge in [-0.15, -0.1) is 0 Å². The second-order valence-electron chi connectivity index (χ2n) is 4.23. The number of carboxylic acid groups (broad SMARTS) is 1. The van der Waals surface area contributed by atoms with Gasteiger partial charge in [0.05, 0.1) is 5.56 Å². The van der Waals surface area contributed by atoms with Crippen molar-refractivity contribution in [1.29, 1.82) is 0 Å². The second-order valence-corrected chi connectivity index (χ2v) is 5.34. The number of aromatic carboxylic acids is 1. The number of hydrogen-bond donors (Lipinski definition) is 1. The highest BCUT2D eigenvalue weighted by Crippen LogP contribution is 2.16. The van der Waals surface area contributed by atoms with Crippen molar-refractivity contribution < 1.29 is 14.3 Å². The predicted molar refractivity (Wildman–Crippen MR) is 77.3 cm³/mol. The van der Waals surface area contributed by atoms with Gasteiger partial charge in [-0.2, -0.15) is 11.8 Å². The molecule has 106 valence electrons. The summed E-state index contributed by atoms with van der Waals surface area (Å²) in [6, 6.07) is 3.99. The van der Waals surface area contributed by atoms with Crippen molar-refractivity contribution in [2.75, 3.05) is 25.4 Å². The van der Waals surface area contributed by atoms with Crippen LogP contribution < -0.4 is 0 Å². The molecule has 0 aliphatic rings. The molecule has 0 aliphatic carbocycles. The number of hydrogen-bond acceptors (Lipinski definition) is 3. The first kappa shape index (κ1) is 16.0. The van der Waals surface area contributed by atoms with Crippen molar-refractivity contribution in [3.63, 3.8) is 0 Å². The van der Waals surface area contributed by atoms with Crippen LogP contribution in [-0.4, -0.2) is 41.4 Å². The zero-order valence-corrected chi connectivity index (χ0v) is 12.2. The smallest absolute Gasteiger partial charge is 0.335 e. The molecular formula is C14H20FNO2S. The summed E-state index contributed by atoms with van der Waals surface area (Å²) in [5.41, 5.74) is 0.737. The maximum atomic E-state index is 13.3. The Morgan fingerprint density at radius 1 is 1.32 bits per heavy atom. The lowest BCUT2D eigenvalue weighted by Crippen LogP contribution is -2.25. The zero-order chi connectivity index (χ0) is 14.3. The van der Waals surface area contributed by atoms with Crippen LogP contribution >= 0.6 is 11.8 Å².